The highest BCUT2D eigenvalue weighted by molar-refractivity contribution is 5.79. The Morgan fingerprint density at radius 2 is 2.21 bits per heavy atom. The van der Waals surface area contributed by atoms with E-state index in [-0.39, 0.29) is 0 Å². The van der Waals surface area contributed by atoms with Crippen molar-refractivity contribution >= 4 is 11.0 Å². The van der Waals surface area contributed by atoms with Crippen molar-refractivity contribution in [1.29, 1.82) is 0 Å². The zero-order valence-electron chi connectivity index (χ0n) is 11.6. The Kier molecular flexibility index (Phi) is 3.47. The third-order valence-corrected chi connectivity index (χ3v) is 3.69. The molecule has 0 aliphatic heterocycles. The summed E-state index contributed by atoms with van der Waals surface area (Å²) in [6.45, 7) is 2.87. The SMILES string of the molecule is CCCOc1ccc2oc(C(NC)C3CC3)cc2c1. The molecule has 0 radical (unpaired) electrons. The normalized spacial score (nSPS) is 16.7. The summed E-state index contributed by atoms with van der Waals surface area (Å²) in [5.74, 6) is 2.71. The summed E-state index contributed by atoms with van der Waals surface area (Å²) < 4.78 is 11.6. The van der Waals surface area contributed by atoms with Crippen LogP contribution in [0, 0.1) is 5.92 Å². The molecule has 3 nitrogen and oxygen atoms in total. The number of furan rings is 1. The number of hydrogen-bond donors (Lipinski definition) is 1. The van der Waals surface area contributed by atoms with Crippen molar-refractivity contribution in [3.05, 3.63) is 30.0 Å². The maximum absolute atomic E-state index is 5.96. The molecule has 102 valence electrons. The van der Waals surface area contributed by atoms with Crippen molar-refractivity contribution in [2.75, 3.05) is 13.7 Å². The molecule has 1 atom stereocenters. The van der Waals surface area contributed by atoms with Gasteiger partial charge in [0.1, 0.15) is 17.1 Å². The lowest BCUT2D eigenvalue weighted by molar-refractivity contribution is 0.318. The molecule has 1 aromatic heterocycles. The van der Waals surface area contributed by atoms with E-state index in [0.29, 0.717) is 6.04 Å². The molecule has 19 heavy (non-hydrogen) atoms. The summed E-state index contributed by atoms with van der Waals surface area (Å²) in [7, 11) is 2.01. The van der Waals surface area contributed by atoms with Crippen molar-refractivity contribution in [2.45, 2.75) is 32.2 Å². The standard InChI is InChI=1S/C16H21NO2/c1-3-8-18-13-6-7-14-12(9-13)10-15(19-14)16(17-2)11-4-5-11/h6-7,9-11,16-17H,3-5,8H2,1-2H3. The van der Waals surface area contributed by atoms with Gasteiger partial charge in [-0.15, -0.1) is 0 Å². The van der Waals surface area contributed by atoms with Gasteiger partial charge in [-0.2, -0.15) is 0 Å². The molecule has 0 spiro atoms. The van der Waals surface area contributed by atoms with Crippen molar-refractivity contribution in [2.24, 2.45) is 5.92 Å². The molecule has 1 fully saturated rings. The minimum Gasteiger partial charge on any atom is -0.494 e. The molecule has 1 saturated carbocycles. The van der Waals surface area contributed by atoms with Gasteiger partial charge in [0.15, 0.2) is 0 Å². The van der Waals surface area contributed by atoms with Gasteiger partial charge < -0.3 is 14.5 Å². The Morgan fingerprint density at radius 1 is 1.37 bits per heavy atom. The van der Waals surface area contributed by atoms with E-state index in [4.69, 9.17) is 9.15 Å². The summed E-state index contributed by atoms with van der Waals surface area (Å²) in [5.41, 5.74) is 0.944. The van der Waals surface area contributed by atoms with Crippen LogP contribution in [0.3, 0.4) is 0 Å². The van der Waals surface area contributed by atoms with Gasteiger partial charge in [0.2, 0.25) is 0 Å². The first kappa shape index (κ1) is 12.5. The van der Waals surface area contributed by atoms with Crippen LogP contribution in [0.15, 0.2) is 28.7 Å². The van der Waals surface area contributed by atoms with Crippen molar-refractivity contribution < 1.29 is 9.15 Å². The van der Waals surface area contributed by atoms with Gasteiger partial charge in [0.05, 0.1) is 12.6 Å². The van der Waals surface area contributed by atoms with E-state index in [2.05, 4.69) is 24.4 Å². The second kappa shape index (κ2) is 5.25. The third-order valence-electron chi connectivity index (χ3n) is 3.69. The van der Waals surface area contributed by atoms with E-state index in [1.807, 2.05) is 19.2 Å². The van der Waals surface area contributed by atoms with E-state index >= 15 is 0 Å². The molecule has 0 saturated heterocycles. The highest BCUT2D eigenvalue weighted by Gasteiger charge is 2.33. The largest absolute Gasteiger partial charge is 0.494 e. The van der Waals surface area contributed by atoms with Crippen LogP contribution in [0.5, 0.6) is 5.75 Å². The van der Waals surface area contributed by atoms with Crippen LogP contribution in [0.4, 0.5) is 0 Å². The van der Waals surface area contributed by atoms with Crippen LogP contribution in [-0.4, -0.2) is 13.7 Å². The molecule has 1 aliphatic rings. The summed E-state index contributed by atoms with van der Waals surface area (Å²) in [6, 6.07) is 8.55. The fourth-order valence-corrected chi connectivity index (χ4v) is 2.54. The molecule has 2 aromatic rings. The van der Waals surface area contributed by atoms with Gasteiger partial charge in [-0.05, 0) is 56.5 Å². The average molecular weight is 259 g/mol. The number of benzene rings is 1. The third kappa shape index (κ3) is 2.61. The van der Waals surface area contributed by atoms with Gasteiger partial charge in [-0.25, -0.2) is 0 Å². The van der Waals surface area contributed by atoms with Crippen LogP contribution in [0.2, 0.25) is 0 Å². The zero-order valence-corrected chi connectivity index (χ0v) is 11.6. The topological polar surface area (TPSA) is 34.4 Å². The van der Waals surface area contributed by atoms with Crippen LogP contribution < -0.4 is 10.1 Å². The first-order chi connectivity index (χ1) is 9.31. The number of rotatable bonds is 6. The summed E-state index contributed by atoms with van der Waals surface area (Å²) in [5, 5.41) is 4.49. The summed E-state index contributed by atoms with van der Waals surface area (Å²) in [6.07, 6.45) is 3.62. The zero-order chi connectivity index (χ0) is 13.2. The van der Waals surface area contributed by atoms with Gasteiger partial charge >= 0.3 is 0 Å². The predicted octanol–water partition coefficient (Wildman–Crippen LogP) is 3.89. The fourth-order valence-electron chi connectivity index (χ4n) is 2.54. The minimum absolute atomic E-state index is 0.354. The maximum Gasteiger partial charge on any atom is 0.134 e. The summed E-state index contributed by atoms with van der Waals surface area (Å²) in [4.78, 5) is 0. The Bertz CT molecular complexity index is 557. The quantitative estimate of drug-likeness (QED) is 0.854. The van der Waals surface area contributed by atoms with E-state index in [1.54, 1.807) is 0 Å². The molecule has 0 bridgehead atoms. The Morgan fingerprint density at radius 3 is 2.89 bits per heavy atom. The highest BCUT2D eigenvalue weighted by atomic mass is 16.5. The molecule has 3 rings (SSSR count). The lowest BCUT2D eigenvalue weighted by Gasteiger charge is -2.11. The molecule has 1 N–H and O–H groups in total. The number of nitrogens with one attached hydrogen (secondary N) is 1. The smallest absolute Gasteiger partial charge is 0.134 e. The van der Waals surface area contributed by atoms with E-state index in [9.17, 15) is 0 Å². The molecule has 1 aromatic carbocycles. The van der Waals surface area contributed by atoms with Crippen molar-refractivity contribution in [3.63, 3.8) is 0 Å². The Labute approximate surface area is 113 Å². The van der Waals surface area contributed by atoms with Gasteiger partial charge in [0.25, 0.3) is 0 Å². The Hall–Kier alpha value is -1.48. The van der Waals surface area contributed by atoms with E-state index in [1.165, 1.54) is 12.8 Å². The number of fused-ring (bicyclic) bond motifs is 1. The van der Waals surface area contributed by atoms with Crippen LogP contribution >= 0.6 is 0 Å². The molecule has 1 heterocycles. The monoisotopic (exact) mass is 259 g/mol. The van der Waals surface area contributed by atoms with Crippen molar-refractivity contribution in [1.82, 2.24) is 5.32 Å². The molecule has 1 unspecified atom stereocenters. The van der Waals surface area contributed by atoms with Crippen LogP contribution in [0.25, 0.3) is 11.0 Å². The first-order valence-corrected chi connectivity index (χ1v) is 7.15. The lowest BCUT2D eigenvalue weighted by Crippen LogP contribution is -2.17. The lowest BCUT2D eigenvalue weighted by atomic mass is 10.1. The molecule has 0 amide bonds. The van der Waals surface area contributed by atoms with Crippen LogP contribution in [0.1, 0.15) is 38.0 Å². The first-order valence-electron chi connectivity index (χ1n) is 7.15. The number of ether oxygens (including phenoxy) is 1. The average Bonchev–Trinajstić information content (AvgIpc) is 3.16. The molecular formula is C16H21NO2. The minimum atomic E-state index is 0.354. The van der Waals surface area contributed by atoms with E-state index in [0.717, 1.165) is 41.4 Å². The number of hydrogen-bond acceptors (Lipinski definition) is 3. The van der Waals surface area contributed by atoms with Crippen LogP contribution in [-0.2, 0) is 0 Å². The highest BCUT2D eigenvalue weighted by Crippen LogP contribution is 2.42. The second-order valence-corrected chi connectivity index (χ2v) is 5.30. The maximum atomic E-state index is 5.96. The Balaban J connectivity index is 1.87. The van der Waals surface area contributed by atoms with Crippen molar-refractivity contribution in [3.8, 4) is 5.75 Å². The van der Waals surface area contributed by atoms with Gasteiger partial charge in [-0.3, -0.25) is 0 Å². The van der Waals surface area contributed by atoms with E-state index < -0.39 is 0 Å². The molecule has 1 aliphatic carbocycles. The summed E-state index contributed by atoms with van der Waals surface area (Å²) >= 11 is 0. The predicted molar refractivity (Wildman–Crippen MR) is 76.5 cm³/mol. The fraction of sp³-hybridized carbons (Fsp3) is 0.500. The van der Waals surface area contributed by atoms with Gasteiger partial charge in [-0.1, -0.05) is 6.92 Å². The second-order valence-electron chi connectivity index (χ2n) is 5.30. The van der Waals surface area contributed by atoms with Gasteiger partial charge in [0, 0.05) is 5.39 Å². The molecule has 3 heteroatoms. The molecular weight excluding hydrogens is 238 g/mol.